The van der Waals surface area contributed by atoms with Gasteiger partial charge in [0.25, 0.3) is 0 Å². The SMILES string of the molecule is CC(C)(C)c1ccc2c(-c3cc4c5ccc(-c6ccccc6)c6c5c(cc4c4ccc(-c5ccccc5)cc34)-c3cc(-c4ccccc4)ccc3-6)cc(C(C)(C)C)cc2c1. The highest BCUT2D eigenvalue weighted by Crippen LogP contribution is 2.55. The second-order valence-electron chi connectivity index (χ2n) is 18.9. The predicted octanol–water partition coefficient (Wildman–Crippen LogP) is 17.2. The van der Waals surface area contributed by atoms with Crippen LogP contribution in [0.5, 0.6) is 0 Å². The van der Waals surface area contributed by atoms with E-state index in [-0.39, 0.29) is 10.8 Å². The number of rotatable bonds is 4. The molecule has 0 aliphatic heterocycles. The maximum atomic E-state index is 2.54. The largest absolute Gasteiger partial charge is 0.0622 e. The summed E-state index contributed by atoms with van der Waals surface area (Å²) in [6.07, 6.45) is 0. The van der Waals surface area contributed by atoms with E-state index in [0.717, 1.165) is 0 Å². The van der Waals surface area contributed by atoms with Crippen molar-refractivity contribution in [1.82, 2.24) is 0 Å². The molecule has 0 atom stereocenters. The van der Waals surface area contributed by atoms with Crippen LogP contribution < -0.4 is 0 Å². The fraction of sp³-hybridized carbons (Fsp3) is 0.133. The summed E-state index contributed by atoms with van der Waals surface area (Å²) in [5.74, 6) is 0. The molecule has 60 heavy (non-hydrogen) atoms. The molecule has 1 aliphatic rings. The second-order valence-corrected chi connectivity index (χ2v) is 18.9. The average Bonchev–Trinajstić information content (AvgIpc) is 3.59. The van der Waals surface area contributed by atoms with Crippen molar-refractivity contribution < 1.29 is 0 Å². The van der Waals surface area contributed by atoms with Gasteiger partial charge in [-0.1, -0.05) is 193 Å². The van der Waals surface area contributed by atoms with Crippen LogP contribution in [0.25, 0.3) is 110 Å². The summed E-state index contributed by atoms with van der Waals surface area (Å²) in [5, 5.41) is 10.4. The molecule has 0 aromatic heterocycles. The normalized spacial score (nSPS) is 12.5. The first-order valence-electron chi connectivity index (χ1n) is 21.4. The Bertz CT molecular complexity index is 3330. The first kappa shape index (κ1) is 36.3. The molecule has 0 unspecified atom stereocenters. The molecule has 0 N–H and O–H groups in total. The molecule has 0 radical (unpaired) electrons. The van der Waals surface area contributed by atoms with E-state index in [1.54, 1.807) is 0 Å². The minimum atomic E-state index is -0.0317. The standard InChI is InChI=1S/C60H48/c1-59(2,3)43-24-27-45-42(30-43)31-44(60(4,5)6)34-52(45)55-35-54-49-29-28-46(39-20-14-9-15-21-39)57-48-26-23-41(38-18-12-8-13-19-38)33-51(48)56(58(49)57)36-53(54)47-25-22-40(32-50(47)55)37-16-10-7-11-17-37/h7-36H,1-6H3. The zero-order valence-corrected chi connectivity index (χ0v) is 35.3. The molecule has 0 saturated carbocycles. The lowest BCUT2D eigenvalue weighted by molar-refractivity contribution is 0.589. The van der Waals surface area contributed by atoms with Crippen molar-refractivity contribution in [1.29, 1.82) is 0 Å². The molecular formula is C60H48. The summed E-state index contributed by atoms with van der Waals surface area (Å²) in [7, 11) is 0. The van der Waals surface area contributed by atoms with Crippen molar-refractivity contribution in [3.8, 4) is 66.8 Å². The van der Waals surface area contributed by atoms with Crippen LogP contribution in [-0.4, -0.2) is 0 Å². The highest BCUT2D eigenvalue weighted by atomic mass is 14.3. The van der Waals surface area contributed by atoms with Gasteiger partial charge in [0.05, 0.1) is 0 Å². The van der Waals surface area contributed by atoms with Gasteiger partial charge in [-0.3, -0.25) is 0 Å². The molecule has 0 heterocycles. The summed E-state index contributed by atoms with van der Waals surface area (Å²) in [5.41, 5.74) is 18.0. The Hall–Kier alpha value is -6.76. The molecule has 0 bridgehead atoms. The first-order valence-corrected chi connectivity index (χ1v) is 21.4. The number of fused-ring (bicyclic) bond motifs is 8. The van der Waals surface area contributed by atoms with Gasteiger partial charge in [-0.2, -0.15) is 0 Å². The van der Waals surface area contributed by atoms with Crippen LogP contribution in [0, 0.1) is 0 Å². The van der Waals surface area contributed by atoms with Gasteiger partial charge in [-0.15, -0.1) is 0 Å². The lowest BCUT2D eigenvalue weighted by Gasteiger charge is -2.24. The van der Waals surface area contributed by atoms with Crippen molar-refractivity contribution in [2.45, 2.75) is 52.4 Å². The molecule has 288 valence electrons. The highest BCUT2D eigenvalue weighted by molar-refractivity contribution is 6.31. The van der Waals surface area contributed by atoms with E-state index in [1.807, 2.05) is 0 Å². The summed E-state index contributed by atoms with van der Waals surface area (Å²) >= 11 is 0. The topological polar surface area (TPSA) is 0 Å². The van der Waals surface area contributed by atoms with Crippen LogP contribution in [0.1, 0.15) is 52.7 Å². The molecule has 0 nitrogen and oxygen atoms in total. The van der Waals surface area contributed by atoms with Gasteiger partial charge < -0.3 is 0 Å². The van der Waals surface area contributed by atoms with E-state index >= 15 is 0 Å². The van der Waals surface area contributed by atoms with Crippen LogP contribution in [0.4, 0.5) is 0 Å². The van der Waals surface area contributed by atoms with Crippen LogP contribution in [0.2, 0.25) is 0 Å². The zero-order valence-electron chi connectivity index (χ0n) is 35.3. The van der Waals surface area contributed by atoms with Gasteiger partial charge in [0.2, 0.25) is 0 Å². The number of benzene rings is 10. The third kappa shape index (κ3) is 5.81. The van der Waals surface area contributed by atoms with Crippen molar-refractivity contribution in [3.05, 3.63) is 193 Å². The fourth-order valence-electron chi connectivity index (χ4n) is 9.82. The summed E-state index contributed by atoms with van der Waals surface area (Å²) in [4.78, 5) is 0. The molecule has 0 spiro atoms. The Morgan fingerprint density at radius 1 is 0.267 bits per heavy atom. The van der Waals surface area contributed by atoms with Gasteiger partial charge in [0, 0.05) is 0 Å². The van der Waals surface area contributed by atoms with E-state index in [9.17, 15) is 0 Å². The molecule has 10 aromatic rings. The minimum absolute atomic E-state index is 0.0317. The lowest BCUT2D eigenvalue weighted by atomic mass is 9.80. The average molecular weight is 769 g/mol. The molecule has 0 heteroatoms. The van der Waals surface area contributed by atoms with Crippen molar-refractivity contribution in [2.24, 2.45) is 0 Å². The summed E-state index contributed by atoms with van der Waals surface area (Å²) < 4.78 is 0. The maximum Gasteiger partial charge on any atom is -0.00137 e. The Morgan fingerprint density at radius 3 is 1.45 bits per heavy atom. The molecular weight excluding hydrogens is 721 g/mol. The molecule has 0 saturated heterocycles. The molecule has 10 aromatic carbocycles. The molecule has 0 amide bonds. The van der Waals surface area contributed by atoms with E-state index in [1.165, 1.54) is 121 Å². The third-order valence-corrected chi connectivity index (χ3v) is 13.1. The zero-order chi connectivity index (χ0) is 40.9. The van der Waals surface area contributed by atoms with Crippen molar-refractivity contribution >= 4 is 43.1 Å². The third-order valence-electron chi connectivity index (χ3n) is 13.1. The maximum absolute atomic E-state index is 2.54. The van der Waals surface area contributed by atoms with E-state index in [2.05, 4.69) is 224 Å². The van der Waals surface area contributed by atoms with Gasteiger partial charge in [0.1, 0.15) is 0 Å². The Morgan fingerprint density at radius 2 is 0.783 bits per heavy atom. The number of hydrogen-bond donors (Lipinski definition) is 0. The molecule has 11 rings (SSSR count). The lowest BCUT2D eigenvalue weighted by Crippen LogP contribution is -2.12. The predicted molar refractivity (Wildman–Crippen MR) is 260 cm³/mol. The van der Waals surface area contributed by atoms with Crippen LogP contribution >= 0.6 is 0 Å². The van der Waals surface area contributed by atoms with Crippen molar-refractivity contribution in [2.75, 3.05) is 0 Å². The van der Waals surface area contributed by atoms with Gasteiger partial charge in [0.15, 0.2) is 0 Å². The van der Waals surface area contributed by atoms with E-state index in [4.69, 9.17) is 0 Å². The quantitative estimate of drug-likeness (QED) is 0.156. The summed E-state index contributed by atoms with van der Waals surface area (Å²) in [6, 6.07) is 68.8. The molecule has 0 fully saturated rings. The second kappa shape index (κ2) is 13.4. The Labute approximate surface area is 353 Å². The monoisotopic (exact) mass is 768 g/mol. The number of hydrogen-bond acceptors (Lipinski definition) is 0. The van der Waals surface area contributed by atoms with Gasteiger partial charge in [-0.25, -0.2) is 0 Å². The Balaban J connectivity index is 1.28. The summed E-state index contributed by atoms with van der Waals surface area (Å²) in [6.45, 7) is 14.0. The molecule has 1 aliphatic carbocycles. The van der Waals surface area contributed by atoms with Gasteiger partial charge >= 0.3 is 0 Å². The Kier molecular flexibility index (Phi) is 8.10. The van der Waals surface area contributed by atoms with Crippen LogP contribution in [0.15, 0.2) is 182 Å². The minimum Gasteiger partial charge on any atom is -0.0622 e. The van der Waals surface area contributed by atoms with E-state index < -0.39 is 0 Å². The first-order chi connectivity index (χ1) is 29.0. The highest BCUT2D eigenvalue weighted by Gasteiger charge is 2.28. The van der Waals surface area contributed by atoms with Crippen molar-refractivity contribution in [3.63, 3.8) is 0 Å². The van der Waals surface area contributed by atoms with Crippen LogP contribution in [-0.2, 0) is 10.8 Å². The van der Waals surface area contributed by atoms with Gasteiger partial charge in [-0.05, 0) is 162 Å². The van der Waals surface area contributed by atoms with Crippen LogP contribution in [0.3, 0.4) is 0 Å². The smallest absolute Gasteiger partial charge is 0.00137 e. The fourth-order valence-corrected chi connectivity index (χ4v) is 9.82. The van der Waals surface area contributed by atoms with E-state index in [0.29, 0.717) is 0 Å².